The number of halogens is 3. The molecular weight excluding hydrogens is 519 g/mol. The quantitative estimate of drug-likeness (QED) is 0.221. The Morgan fingerprint density at radius 2 is 1.70 bits per heavy atom. The van der Waals surface area contributed by atoms with Gasteiger partial charge in [-0.25, -0.2) is 0 Å². The number of carbonyl (C=O) groups excluding carboxylic acids is 1. The van der Waals surface area contributed by atoms with Crippen molar-refractivity contribution in [2.45, 2.75) is 50.7 Å². The lowest BCUT2D eigenvalue weighted by atomic mass is 9.80. The maximum atomic E-state index is 13.0. The number of nitrogens with zero attached hydrogens (tertiary/aromatic N) is 2. The van der Waals surface area contributed by atoms with Gasteiger partial charge in [0.2, 0.25) is 0 Å². The summed E-state index contributed by atoms with van der Waals surface area (Å²) in [4.78, 5) is 23.1. The van der Waals surface area contributed by atoms with E-state index >= 15 is 0 Å². The summed E-state index contributed by atoms with van der Waals surface area (Å²) in [6, 6.07) is 18.2. The Kier molecular flexibility index (Phi) is 7.91. The number of rotatable bonds is 10. The maximum Gasteiger partial charge on any atom is 0.416 e. The van der Waals surface area contributed by atoms with E-state index in [0.717, 1.165) is 47.0 Å². The minimum Gasteiger partial charge on any atom is -0.481 e. The normalized spacial score (nSPS) is 14.6. The number of aromatic nitrogens is 2. The van der Waals surface area contributed by atoms with Crippen molar-refractivity contribution in [1.82, 2.24) is 15.1 Å². The standard InChI is InChI=1S/C31H30F3N3O3/c32-31(33,34)26-12-9-21(10-13-26)24-11-15-28-25(18-24)19-36-37(28)27(14-4-20-2-1-3-20)22-5-7-23(8-6-22)30(40)35-17-16-29(38)39/h5-13,15,18-20,27H,1-4,14,16-17H2,(H,35,40)(H,38,39). The fourth-order valence-corrected chi connectivity index (χ4v) is 5.18. The molecule has 0 radical (unpaired) electrons. The van der Waals surface area contributed by atoms with Crippen LogP contribution in [-0.4, -0.2) is 33.3 Å². The van der Waals surface area contributed by atoms with E-state index < -0.39 is 17.7 Å². The molecule has 0 aliphatic heterocycles. The van der Waals surface area contributed by atoms with E-state index in [4.69, 9.17) is 10.2 Å². The second-order valence-corrected chi connectivity index (χ2v) is 10.3. The van der Waals surface area contributed by atoms with E-state index in [2.05, 4.69) is 5.32 Å². The number of aliphatic carboxylic acids is 1. The van der Waals surface area contributed by atoms with Gasteiger partial charge in [-0.15, -0.1) is 0 Å². The number of benzene rings is 3. The zero-order valence-electron chi connectivity index (χ0n) is 21.8. The molecule has 2 N–H and O–H groups in total. The highest BCUT2D eigenvalue weighted by Gasteiger charge is 2.30. The van der Waals surface area contributed by atoms with Crippen molar-refractivity contribution in [3.05, 3.63) is 89.6 Å². The lowest BCUT2D eigenvalue weighted by Gasteiger charge is -2.28. The molecule has 5 rings (SSSR count). The third-order valence-electron chi connectivity index (χ3n) is 7.69. The molecule has 4 aromatic rings. The lowest BCUT2D eigenvalue weighted by molar-refractivity contribution is -0.138. The van der Waals surface area contributed by atoms with Crippen molar-refractivity contribution in [1.29, 1.82) is 0 Å². The molecule has 3 aromatic carbocycles. The molecule has 1 aromatic heterocycles. The van der Waals surface area contributed by atoms with Gasteiger partial charge in [0.15, 0.2) is 0 Å². The predicted molar refractivity (Wildman–Crippen MR) is 146 cm³/mol. The van der Waals surface area contributed by atoms with Gasteiger partial charge in [-0.2, -0.15) is 18.3 Å². The molecule has 0 saturated heterocycles. The van der Waals surface area contributed by atoms with Gasteiger partial charge in [-0.3, -0.25) is 14.3 Å². The minimum absolute atomic E-state index is 0.0564. The molecule has 0 bridgehead atoms. The zero-order valence-corrected chi connectivity index (χ0v) is 21.8. The number of nitrogens with one attached hydrogen (secondary N) is 1. The Hall–Kier alpha value is -4.14. The Labute approximate surface area is 229 Å². The van der Waals surface area contributed by atoms with Crippen LogP contribution in [0.5, 0.6) is 0 Å². The summed E-state index contributed by atoms with van der Waals surface area (Å²) in [7, 11) is 0. The largest absolute Gasteiger partial charge is 0.481 e. The van der Waals surface area contributed by atoms with Crippen LogP contribution in [0, 0.1) is 5.92 Å². The smallest absolute Gasteiger partial charge is 0.416 e. The Morgan fingerprint density at radius 3 is 2.33 bits per heavy atom. The fourth-order valence-electron chi connectivity index (χ4n) is 5.18. The van der Waals surface area contributed by atoms with Crippen molar-refractivity contribution in [3.8, 4) is 11.1 Å². The second kappa shape index (κ2) is 11.5. The molecule has 0 spiro atoms. The molecule has 1 fully saturated rings. The van der Waals surface area contributed by atoms with Gasteiger partial charge in [-0.1, -0.05) is 49.6 Å². The monoisotopic (exact) mass is 549 g/mol. The van der Waals surface area contributed by atoms with Crippen LogP contribution in [0.1, 0.15) is 66.1 Å². The van der Waals surface area contributed by atoms with Crippen molar-refractivity contribution >= 4 is 22.8 Å². The van der Waals surface area contributed by atoms with Gasteiger partial charge in [0.05, 0.1) is 29.7 Å². The Bertz CT molecular complexity index is 1490. The number of amides is 1. The van der Waals surface area contributed by atoms with Gasteiger partial charge < -0.3 is 10.4 Å². The molecule has 9 heteroatoms. The topological polar surface area (TPSA) is 84.2 Å². The highest BCUT2D eigenvalue weighted by molar-refractivity contribution is 5.94. The summed E-state index contributed by atoms with van der Waals surface area (Å²) >= 11 is 0. The van der Waals surface area contributed by atoms with Gasteiger partial charge in [-0.05, 0) is 71.8 Å². The van der Waals surface area contributed by atoms with E-state index in [9.17, 15) is 22.8 Å². The average Bonchev–Trinajstić information content (AvgIpc) is 3.32. The number of fused-ring (bicyclic) bond motifs is 1. The number of hydrogen-bond acceptors (Lipinski definition) is 3. The SMILES string of the molecule is O=C(O)CCNC(=O)c1ccc(C(CCC2CCC2)n2ncc3cc(-c4ccc(C(F)(F)F)cc4)ccc32)cc1. The van der Waals surface area contributed by atoms with E-state index in [0.29, 0.717) is 17.0 Å². The highest BCUT2D eigenvalue weighted by Crippen LogP contribution is 2.36. The van der Waals surface area contributed by atoms with Crippen LogP contribution in [0.2, 0.25) is 0 Å². The molecule has 40 heavy (non-hydrogen) atoms. The molecule has 1 unspecified atom stereocenters. The number of carboxylic acids is 1. The van der Waals surface area contributed by atoms with Gasteiger partial charge in [0.25, 0.3) is 5.91 Å². The van der Waals surface area contributed by atoms with E-state index in [-0.39, 0.29) is 24.9 Å². The summed E-state index contributed by atoms with van der Waals surface area (Å²) < 4.78 is 40.9. The number of carbonyl (C=O) groups is 2. The van der Waals surface area contributed by atoms with Crippen LogP contribution < -0.4 is 5.32 Å². The number of alkyl halides is 3. The van der Waals surface area contributed by atoms with Crippen LogP contribution in [0.15, 0.2) is 72.9 Å². The van der Waals surface area contributed by atoms with Crippen LogP contribution in [-0.2, 0) is 11.0 Å². The minimum atomic E-state index is -4.37. The summed E-state index contributed by atoms with van der Waals surface area (Å²) in [5.74, 6) is -0.586. The van der Waals surface area contributed by atoms with Crippen molar-refractivity contribution in [2.75, 3.05) is 6.54 Å². The molecule has 6 nitrogen and oxygen atoms in total. The molecule has 1 aliphatic carbocycles. The van der Waals surface area contributed by atoms with E-state index in [1.807, 2.05) is 35.0 Å². The first-order chi connectivity index (χ1) is 19.2. The van der Waals surface area contributed by atoms with E-state index in [1.165, 1.54) is 31.4 Å². The summed E-state index contributed by atoms with van der Waals surface area (Å²) in [6.45, 7) is 0.0632. The Morgan fingerprint density at radius 1 is 1.00 bits per heavy atom. The molecule has 1 amide bonds. The second-order valence-electron chi connectivity index (χ2n) is 10.3. The summed E-state index contributed by atoms with van der Waals surface area (Å²) in [5, 5.41) is 17.0. The van der Waals surface area contributed by atoms with Gasteiger partial charge in [0, 0.05) is 17.5 Å². The molecule has 1 aliphatic rings. The van der Waals surface area contributed by atoms with Crippen molar-refractivity contribution in [2.24, 2.45) is 5.92 Å². The number of carboxylic acid groups (broad SMARTS) is 1. The van der Waals surface area contributed by atoms with E-state index in [1.54, 1.807) is 18.3 Å². The van der Waals surface area contributed by atoms with Gasteiger partial charge >= 0.3 is 12.1 Å². The summed E-state index contributed by atoms with van der Waals surface area (Å²) in [5.41, 5.74) is 3.22. The average molecular weight is 550 g/mol. The van der Waals surface area contributed by atoms with Crippen molar-refractivity contribution < 1.29 is 27.9 Å². The predicted octanol–water partition coefficient (Wildman–Crippen LogP) is 7.10. The maximum absolute atomic E-state index is 13.0. The Balaban J connectivity index is 1.40. The highest BCUT2D eigenvalue weighted by atomic mass is 19.4. The van der Waals surface area contributed by atoms with Crippen LogP contribution in [0.4, 0.5) is 13.2 Å². The van der Waals surface area contributed by atoms with Crippen LogP contribution >= 0.6 is 0 Å². The first-order valence-electron chi connectivity index (χ1n) is 13.4. The summed E-state index contributed by atoms with van der Waals surface area (Å²) in [6.07, 6.45) is 2.94. The first-order valence-corrected chi connectivity index (χ1v) is 13.4. The van der Waals surface area contributed by atoms with Gasteiger partial charge in [0.1, 0.15) is 0 Å². The van der Waals surface area contributed by atoms with Crippen LogP contribution in [0.25, 0.3) is 22.0 Å². The third-order valence-corrected chi connectivity index (χ3v) is 7.69. The molecular formula is C31H30F3N3O3. The van der Waals surface area contributed by atoms with Crippen LogP contribution in [0.3, 0.4) is 0 Å². The third kappa shape index (κ3) is 6.19. The molecule has 208 valence electrons. The first kappa shape index (κ1) is 27.4. The fraction of sp³-hybridized carbons (Fsp3) is 0.323. The van der Waals surface area contributed by atoms with Crippen molar-refractivity contribution in [3.63, 3.8) is 0 Å². The molecule has 1 atom stereocenters. The molecule has 1 saturated carbocycles. The number of hydrogen-bond donors (Lipinski definition) is 2. The lowest BCUT2D eigenvalue weighted by Crippen LogP contribution is -2.26. The molecule has 1 heterocycles. The zero-order chi connectivity index (χ0) is 28.3.